The van der Waals surface area contributed by atoms with Crippen LogP contribution < -0.4 is 4.74 Å². The summed E-state index contributed by atoms with van der Waals surface area (Å²) >= 11 is 3.33. The fourth-order valence-electron chi connectivity index (χ4n) is 1.11. The number of hydrogen-bond donors (Lipinski definition) is 0. The molecule has 0 radical (unpaired) electrons. The quantitative estimate of drug-likeness (QED) is 0.699. The summed E-state index contributed by atoms with van der Waals surface area (Å²) in [7, 11) is 0. The van der Waals surface area contributed by atoms with Crippen molar-refractivity contribution in [3.05, 3.63) is 16.7 Å². The molecular weight excluding hydrogens is 232 g/mol. The van der Waals surface area contributed by atoms with Gasteiger partial charge in [0, 0.05) is 16.9 Å². The lowest BCUT2D eigenvalue weighted by molar-refractivity contribution is 0.183. The van der Waals surface area contributed by atoms with Gasteiger partial charge in [-0.25, -0.2) is 9.98 Å². The number of ether oxygens (including phenoxy) is 1. The molecule has 0 aliphatic carbocycles. The normalized spacial score (nSPS) is 17.8. The third-order valence-corrected chi connectivity index (χ3v) is 2.10. The van der Waals surface area contributed by atoms with Gasteiger partial charge in [0.2, 0.25) is 0 Å². The largest absolute Gasteiger partial charge is 0.478 e. The van der Waals surface area contributed by atoms with Gasteiger partial charge in [-0.05, 0) is 35.8 Å². The first-order valence-corrected chi connectivity index (χ1v) is 4.76. The molecule has 0 spiro atoms. The fraction of sp³-hybridized carbons (Fsp3) is 0.333. The molecule has 0 amide bonds. The van der Waals surface area contributed by atoms with Crippen molar-refractivity contribution in [1.82, 2.24) is 4.98 Å². The minimum atomic E-state index is -0.338. The van der Waals surface area contributed by atoms with E-state index in [0.29, 0.717) is 5.82 Å². The van der Waals surface area contributed by atoms with Crippen LogP contribution in [0, 0.1) is 0 Å². The SMILES string of the molecule is CC1(C)C=Nc2ncc(Br)cc2O1. The van der Waals surface area contributed by atoms with Crippen LogP contribution in [0.3, 0.4) is 0 Å². The van der Waals surface area contributed by atoms with E-state index in [9.17, 15) is 0 Å². The molecule has 1 aromatic heterocycles. The Bertz CT molecular complexity index is 374. The third-order valence-electron chi connectivity index (χ3n) is 1.67. The molecule has 0 bridgehead atoms. The van der Waals surface area contributed by atoms with Gasteiger partial charge in [0.05, 0.1) is 0 Å². The number of hydrogen-bond acceptors (Lipinski definition) is 3. The lowest BCUT2D eigenvalue weighted by Crippen LogP contribution is -2.31. The molecule has 3 nitrogen and oxygen atoms in total. The van der Waals surface area contributed by atoms with E-state index in [4.69, 9.17) is 4.74 Å². The summed E-state index contributed by atoms with van der Waals surface area (Å²) in [5, 5.41) is 0. The van der Waals surface area contributed by atoms with Gasteiger partial charge in [0.25, 0.3) is 0 Å². The molecule has 0 saturated carbocycles. The topological polar surface area (TPSA) is 34.5 Å². The standard InChI is InChI=1S/C9H9BrN2O/c1-9(2)5-12-8-7(13-9)3-6(10)4-11-8/h3-5H,1-2H3. The lowest BCUT2D eigenvalue weighted by Gasteiger charge is -2.25. The molecule has 4 heteroatoms. The molecule has 1 aliphatic heterocycles. The van der Waals surface area contributed by atoms with Crippen molar-refractivity contribution in [3.8, 4) is 5.75 Å². The summed E-state index contributed by atoms with van der Waals surface area (Å²) in [6.07, 6.45) is 3.47. The minimum Gasteiger partial charge on any atom is -0.478 e. The number of aliphatic imine (C=N–C) groups is 1. The second-order valence-corrected chi connectivity index (χ2v) is 4.35. The highest BCUT2D eigenvalue weighted by Gasteiger charge is 2.23. The predicted molar refractivity (Wildman–Crippen MR) is 54.8 cm³/mol. The summed E-state index contributed by atoms with van der Waals surface area (Å²) in [5.41, 5.74) is -0.338. The van der Waals surface area contributed by atoms with E-state index in [1.54, 1.807) is 12.4 Å². The molecule has 0 atom stereocenters. The molecule has 0 aromatic carbocycles. The Balaban J connectivity index is 2.48. The molecule has 0 saturated heterocycles. The van der Waals surface area contributed by atoms with Crippen LogP contribution in [0.2, 0.25) is 0 Å². The number of nitrogens with zero attached hydrogens (tertiary/aromatic N) is 2. The zero-order chi connectivity index (χ0) is 9.47. The highest BCUT2D eigenvalue weighted by Crippen LogP contribution is 2.33. The first kappa shape index (κ1) is 8.69. The van der Waals surface area contributed by atoms with E-state index in [1.165, 1.54) is 0 Å². The Morgan fingerprint density at radius 3 is 3.00 bits per heavy atom. The second kappa shape index (κ2) is 2.80. The Labute approximate surface area is 85.0 Å². The monoisotopic (exact) mass is 240 g/mol. The molecule has 0 unspecified atom stereocenters. The van der Waals surface area contributed by atoms with Gasteiger partial charge in [-0.2, -0.15) is 0 Å². The van der Waals surface area contributed by atoms with E-state index in [1.807, 2.05) is 19.9 Å². The Morgan fingerprint density at radius 1 is 1.46 bits per heavy atom. The van der Waals surface area contributed by atoms with Crippen LogP contribution in [0.1, 0.15) is 13.8 Å². The van der Waals surface area contributed by atoms with E-state index >= 15 is 0 Å². The van der Waals surface area contributed by atoms with E-state index in [-0.39, 0.29) is 5.60 Å². The molecule has 0 N–H and O–H groups in total. The third kappa shape index (κ3) is 1.72. The van der Waals surface area contributed by atoms with Gasteiger partial charge in [-0.1, -0.05) is 0 Å². The number of pyridine rings is 1. The van der Waals surface area contributed by atoms with E-state index in [2.05, 4.69) is 25.9 Å². The number of fused-ring (bicyclic) bond motifs is 1. The molecule has 2 rings (SSSR count). The van der Waals surface area contributed by atoms with E-state index < -0.39 is 0 Å². The predicted octanol–water partition coefficient (Wildman–Crippen LogP) is 2.72. The average molecular weight is 241 g/mol. The number of rotatable bonds is 0. The first-order valence-electron chi connectivity index (χ1n) is 3.97. The van der Waals surface area contributed by atoms with Crippen LogP contribution in [-0.2, 0) is 0 Å². The molecule has 1 aromatic rings. The highest BCUT2D eigenvalue weighted by atomic mass is 79.9. The molecule has 13 heavy (non-hydrogen) atoms. The van der Waals surface area contributed by atoms with Crippen LogP contribution in [0.5, 0.6) is 5.75 Å². The Hall–Kier alpha value is -0.900. The Morgan fingerprint density at radius 2 is 2.23 bits per heavy atom. The smallest absolute Gasteiger partial charge is 0.194 e. The zero-order valence-corrected chi connectivity index (χ0v) is 9.00. The maximum absolute atomic E-state index is 5.66. The van der Waals surface area contributed by atoms with E-state index in [0.717, 1.165) is 10.2 Å². The second-order valence-electron chi connectivity index (χ2n) is 3.44. The highest BCUT2D eigenvalue weighted by molar-refractivity contribution is 9.10. The van der Waals surface area contributed by atoms with Crippen molar-refractivity contribution >= 4 is 28.0 Å². The van der Waals surface area contributed by atoms with Crippen molar-refractivity contribution in [2.24, 2.45) is 4.99 Å². The summed E-state index contributed by atoms with van der Waals surface area (Å²) in [6, 6.07) is 1.88. The Kier molecular flexibility index (Phi) is 1.87. The summed E-state index contributed by atoms with van der Waals surface area (Å²) in [5.74, 6) is 1.37. The van der Waals surface area contributed by atoms with Gasteiger partial charge >= 0.3 is 0 Å². The summed E-state index contributed by atoms with van der Waals surface area (Å²) < 4.78 is 6.56. The lowest BCUT2D eigenvalue weighted by atomic mass is 10.1. The van der Waals surface area contributed by atoms with Crippen molar-refractivity contribution in [2.75, 3.05) is 0 Å². The maximum Gasteiger partial charge on any atom is 0.194 e. The van der Waals surface area contributed by atoms with Crippen LogP contribution in [0.25, 0.3) is 0 Å². The van der Waals surface area contributed by atoms with Gasteiger partial charge in [-0.15, -0.1) is 0 Å². The van der Waals surface area contributed by atoms with Crippen molar-refractivity contribution in [3.63, 3.8) is 0 Å². The number of aromatic nitrogens is 1. The summed E-state index contributed by atoms with van der Waals surface area (Å²) in [6.45, 7) is 3.92. The fourth-order valence-corrected chi connectivity index (χ4v) is 1.42. The number of halogens is 1. The van der Waals surface area contributed by atoms with Gasteiger partial charge < -0.3 is 4.74 Å². The van der Waals surface area contributed by atoms with Gasteiger partial charge in [-0.3, -0.25) is 0 Å². The molecular formula is C9H9BrN2O. The van der Waals surface area contributed by atoms with Crippen LogP contribution in [0.15, 0.2) is 21.7 Å². The molecule has 0 fully saturated rings. The van der Waals surface area contributed by atoms with Crippen LogP contribution in [-0.4, -0.2) is 16.8 Å². The zero-order valence-electron chi connectivity index (χ0n) is 7.41. The molecule has 68 valence electrons. The van der Waals surface area contributed by atoms with Crippen LogP contribution >= 0.6 is 15.9 Å². The minimum absolute atomic E-state index is 0.338. The molecule has 1 aliphatic rings. The van der Waals surface area contributed by atoms with Crippen LogP contribution in [0.4, 0.5) is 5.82 Å². The summed E-state index contributed by atoms with van der Waals surface area (Å²) in [4.78, 5) is 8.32. The average Bonchev–Trinajstić information content (AvgIpc) is 2.01. The van der Waals surface area contributed by atoms with Crippen molar-refractivity contribution in [2.45, 2.75) is 19.4 Å². The van der Waals surface area contributed by atoms with Crippen molar-refractivity contribution < 1.29 is 4.74 Å². The van der Waals surface area contributed by atoms with Gasteiger partial charge in [0.1, 0.15) is 5.60 Å². The maximum atomic E-state index is 5.66. The first-order chi connectivity index (χ1) is 6.07. The molecule has 2 heterocycles. The van der Waals surface area contributed by atoms with Crippen molar-refractivity contribution in [1.29, 1.82) is 0 Å². The van der Waals surface area contributed by atoms with Gasteiger partial charge in [0.15, 0.2) is 11.6 Å².